The van der Waals surface area contributed by atoms with E-state index in [9.17, 15) is 72.4 Å². The van der Waals surface area contributed by atoms with Crippen LogP contribution in [0.1, 0.15) is 42.5 Å². The Bertz CT molecular complexity index is 2180. The molecule has 1 unspecified atom stereocenters. The third kappa shape index (κ3) is 15.6. The molecule has 2 saturated heterocycles. The zero-order valence-corrected chi connectivity index (χ0v) is 34.9. The van der Waals surface area contributed by atoms with Crippen LogP contribution in [0.2, 0.25) is 0 Å². The Kier molecular flexibility index (Phi) is 18.3. The summed E-state index contributed by atoms with van der Waals surface area (Å²) in [5.74, 6) is -10.3. The summed E-state index contributed by atoms with van der Waals surface area (Å²) in [7, 11) is 0. The second-order valence-electron chi connectivity index (χ2n) is 15.1. The number of carbonyl (C=O) groups excluding carboxylic acids is 5. The zero-order chi connectivity index (χ0) is 47.8. The molecule has 0 bridgehead atoms. The normalized spacial score (nSPS) is 17.6. The van der Waals surface area contributed by atoms with Gasteiger partial charge in [-0.25, -0.2) is 13.6 Å². The average molecular weight is 918 g/mol. The summed E-state index contributed by atoms with van der Waals surface area (Å²) in [6, 6.07) is 4.91. The summed E-state index contributed by atoms with van der Waals surface area (Å²) in [5.41, 5.74) is 0.451. The molecule has 6 amide bonds. The Hall–Kier alpha value is -7.11. The summed E-state index contributed by atoms with van der Waals surface area (Å²) in [6.07, 6.45) is -2.00. The van der Waals surface area contributed by atoms with Gasteiger partial charge in [-0.3, -0.25) is 62.9 Å². The smallest absolute Gasteiger partial charge is 0.408 e. The topological polar surface area (TPSA) is 336 Å². The maximum Gasteiger partial charge on any atom is 0.408 e. The summed E-state index contributed by atoms with van der Waals surface area (Å²) >= 11 is 0. The number of aliphatic carboxylic acids is 3. The van der Waals surface area contributed by atoms with Crippen molar-refractivity contribution in [3.05, 3.63) is 36.0 Å². The van der Waals surface area contributed by atoms with Gasteiger partial charge in [-0.2, -0.15) is 5.26 Å². The van der Waals surface area contributed by atoms with Crippen molar-refractivity contribution in [1.82, 2.24) is 45.4 Å². The predicted octanol–water partition coefficient (Wildman–Crippen LogP) is -1.11. The monoisotopic (exact) mass is 917 g/mol. The SMILES string of the molecule is N#C[C@@H]1CC(F)(F)CN1C(=O)CNC(=O)c1ccnc2c(NC(=O)CCC(=O)NCCNC(=O)CCC(C(=O)O)N3CCN(C(=O)O)CN(CC(=O)O)CCN(CC(=O)O)C3)cccc12. The number of aromatic nitrogens is 1. The lowest BCUT2D eigenvalue weighted by atomic mass is 10.1. The number of amides is 6. The second kappa shape index (κ2) is 23.5. The third-order valence-electron chi connectivity index (χ3n) is 10.3. The number of pyridine rings is 1. The second-order valence-corrected chi connectivity index (χ2v) is 15.1. The van der Waals surface area contributed by atoms with Crippen molar-refractivity contribution in [2.45, 2.75) is 50.1 Å². The van der Waals surface area contributed by atoms with Gasteiger partial charge in [0.05, 0.1) is 62.4 Å². The van der Waals surface area contributed by atoms with E-state index in [1.807, 2.05) is 0 Å². The van der Waals surface area contributed by atoms with E-state index in [0.717, 1.165) is 4.90 Å². The molecule has 0 radical (unpaired) electrons. The molecule has 0 saturated carbocycles. The molecule has 0 aliphatic carbocycles. The minimum absolute atomic E-state index is 0.0342. The predicted molar refractivity (Wildman–Crippen MR) is 219 cm³/mol. The highest BCUT2D eigenvalue weighted by atomic mass is 19.3. The van der Waals surface area contributed by atoms with Crippen LogP contribution in [0.5, 0.6) is 0 Å². The van der Waals surface area contributed by atoms with Crippen LogP contribution in [0.3, 0.4) is 0 Å². The first-order valence-electron chi connectivity index (χ1n) is 20.2. The molecular weight excluding hydrogens is 868 g/mol. The molecule has 2 aliphatic heterocycles. The van der Waals surface area contributed by atoms with Crippen LogP contribution >= 0.6 is 0 Å². The Morgan fingerprint density at radius 1 is 0.815 bits per heavy atom. The molecule has 8 N–H and O–H groups in total. The van der Waals surface area contributed by atoms with E-state index in [0.29, 0.717) is 4.90 Å². The number of para-hydroxylation sites is 1. The number of halogens is 2. The van der Waals surface area contributed by atoms with E-state index in [2.05, 4.69) is 26.3 Å². The van der Waals surface area contributed by atoms with Crippen molar-refractivity contribution in [3.63, 3.8) is 0 Å². The number of hydrogen-bond donors (Lipinski definition) is 8. The molecule has 24 nitrogen and oxygen atoms in total. The molecule has 4 rings (SSSR count). The highest BCUT2D eigenvalue weighted by molar-refractivity contribution is 6.10. The summed E-state index contributed by atoms with van der Waals surface area (Å²) in [4.78, 5) is 121. The lowest BCUT2D eigenvalue weighted by molar-refractivity contribution is -0.146. The maximum absolute atomic E-state index is 13.8. The number of alkyl halides is 2. The highest BCUT2D eigenvalue weighted by Crippen LogP contribution is 2.31. The number of nitrogens with one attached hydrogen (secondary N) is 4. The van der Waals surface area contributed by atoms with Crippen LogP contribution in [0, 0.1) is 11.3 Å². The summed E-state index contributed by atoms with van der Waals surface area (Å²) in [5, 5.41) is 58.0. The molecule has 2 aromatic rings. The van der Waals surface area contributed by atoms with Crippen molar-refractivity contribution in [2.75, 3.05) is 84.1 Å². The van der Waals surface area contributed by atoms with Crippen molar-refractivity contribution in [3.8, 4) is 6.07 Å². The molecule has 2 fully saturated rings. The lowest BCUT2D eigenvalue weighted by Crippen LogP contribution is -2.55. The fourth-order valence-electron chi connectivity index (χ4n) is 7.14. The van der Waals surface area contributed by atoms with E-state index in [1.165, 1.54) is 45.2 Å². The first kappa shape index (κ1) is 50.5. The molecule has 2 aliphatic rings. The van der Waals surface area contributed by atoms with Gasteiger partial charge in [-0.1, -0.05) is 12.1 Å². The van der Waals surface area contributed by atoms with Gasteiger partial charge in [-0.15, -0.1) is 0 Å². The number of rotatable bonds is 19. The van der Waals surface area contributed by atoms with Gasteiger partial charge >= 0.3 is 24.0 Å². The molecular formula is C39H49F2N11O13. The highest BCUT2D eigenvalue weighted by Gasteiger charge is 2.47. The molecule has 3 heterocycles. The van der Waals surface area contributed by atoms with Crippen LogP contribution in [0.4, 0.5) is 19.3 Å². The number of fused-ring (bicyclic) bond motifs is 1. The molecule has 26 heteroatoms. The maximum atomic E-state index is 13.8. The standard InChI is InChI=1S/C39H49F2N11O13/c40-39(41)16-24(17-42)52(21-39)32(56)18-46-36(61)26-8-9-45-35-25(26)2-1-3-27(35)47-31(55)7-6-30(54)44-11-10-43-29(53)5-4-28(37(62)63)50-14-15-51(38(64)65)23-49(20-34(59)60)13-12-48(22-50)19-33(57)58/h1-3,8-9,24,28H,4-7,10-16,18-23H2,(H,43,53)(H,44,54)(H,46,61)(H,47,55)(H,57,58)(H,59,60)(H,62,63)(H,64,65)/t24-,28?/m0/s1. The van der Waals surface area contributed by atoms with Gasteiger partial charge in [-0.05, 0) is 18.6 Å². The first-order valence-corrected chi connectivity index (χ1v) is 20.2. The molecule has 1 aromatic heterocycles. The van der Waals surface area contributed by atoms with Crippen molar-refractivity contribution >= 4 is 70.1 Å². The van der Waals surface area contributed by atoms with E-state index in [4.69, 9.17) is 5.26 Å². The quantitative estimate of drug-likeness (QED) is 0.0775. The number of nitrogens with zero attached hydrogens (tertiary/aromatic N) is 7. The van der Waals surface area contributed by atoms with Crippen LogP contribution in [-0.2, 0) is 33.6 Å². The van der Waals surface area contributed by atoms with Gasteiger partial charge < -0.3 is 46.6 Å². The Morgan fingerprint density at radius 2 is 1.45 bits per heavy atom. The Labute approximate surface area is 369 Å². The molecule has 0 spiro atoms. The van der Waals surface area contributed by atoms with Crippen LogP contribution < -0.4 is 21.3 Å². The average Bonchev–Trinajstić information content (AvgIpc) is 3.57. The Balaban J connectivity index is 1.23. The number of likely N-dealkylation sites (tertiary alicyclic amines) is 1. The number of anilines is 1. The molecule has 65 heavy (non-hydrogen) atoms. The third-order valence-corrected chi connectivity index (χ3v) is 10.3. The number of benzene rings is 1. The summed E-state index contributed by atoms with van der Waals surface area (Å²) < 4.78 is 27.6. The minimum Gasteiger partial charge on any atom is -0.480 e. The fourth-order valence-corrected chi connectivity index (χ4v) is 7.14. The largest absolute Gasteiger partial charge is 0.480 e. The summed E-state index contributed by atoms with van der Waals surface area (Å²) in [6.45, 7) is -3.82. The van der Waals surface area contributed by atoms with Gasteiger partial charge in [0.25, 0.3) is 11.8 Å². The zero-order valence-electron chi connectivity index (χ0n) is 34.9. The van der Waals surface area contributed by atoms with Crippen LogP contribution in [-0.4, -0.2) is 200 Å². The van der Waals surface area contributed by atoms with Crippen LogP contribution in [0.25, 0.3) is 10.9 Å². The van der Waals surface area contributed by atoms with E-state index < -0.39 is 104 Å². The lowest BCUT2D eigenvalue weighted by Gasteiger charge is -2.38. The van der Waals surface area contributed by atoms with Crippen molar-refractivity contribution < 1.29 is 72.4 Å². The van der Waals surface area contributed by atoms with Gasteiger partial charge in [0, 0.05) is 76.5 Å². The molecule has 352 valence electrons. The number of carboxylic acid groups (broad SMARTS) is 4. The molecule has 2 atom stereocenters. The molecule has 1 aromatic carbocycles. The number of carbonyl (C=O) groups is 9. The first-order chi connectivity index (χ1) is 30.8. The van der Waals surface area contributed by atoms with Crippen molar-refractivity contribution in [1.29, 1.82) is 5.26 Å². The van der Waals surface area contributed by atoms with E-state index >= 15 is 0 Å². The number of hydrogen-bond acceptors (Lipinski definition) is 14. The van der Waals surface area contributed by atoms with Crippen LogP contribution in [0.15, 0.2) is 30.5 Å². The Morgan fingerprint density at radius 3 is 2.06 bits per heavy atom. The van der Waals surface area contributed by atoms with E-state index in [1.54, 1.807) is 6.07 Å². The number of nitriles is 1. The number of carboxylic acids is 3. The van der Waals surface area contributed by atoms with Crippen molar-refractivity contribution in [2.24, 2.45) is 0 Å². The van der Waals surface area contributed by atoms with Gasteiger partial charge in [0.15, 0.2) is 0 Å². The fraction of sp³-hybridized carbons (Fsp3) is 0.513. The van der Waals surface area contributed by atoms with Gasteiger partial charge in [0.2, 0.25) is 23.6 Å². The minimum atomic E-state index is -3.22. The van der Waals surface area contributed by atoms with E-state index in [-0.39, 0.29) is 100 Å². The van der Waals surface area contributed by atoms with Gasteiger partial charge in [0.1, 0.15) is 12.1 Å².